The Bertz CT molecular complexity index is 1040. The lowest BCUT2D eigenvalue weighted by atomic mass is 9.87. The number of halogens is 2. The fourth-order valence-electron chi connectivity index (χ4n) is 4.94. The number of rotatable bonds is 7. The lowest BCUT2D eigenvalue weighted by molar-refractivity contribution is -0.114. The molecular formula is C23H32Cl2N4O4S. The zero-order valence-electron chi connectivity index (χ0n) is 19.4. The van der Waals surface area contributed by atoms with Gasteiger partial charge in [0.1, 0.15) is 16.2 Å². The van der Waals surface area contributed by atoms with Gasteiger partial charge in [-0.3, -0.25) is 4.79 Å². The van der Waals surface area contributed by atoms with Crippen molar-refractivity contribution in [2.75, 3.05) is 32.7 Å². The molecule has 188 valence electrons. The summed E-state index contributed by atoms with van der Waals surface area (Å²) in [4.78, 5) is 20.8. The Hall–Kier alpha value is -1.39. The van der Waals surface area contributed by atoms with E-state index in [1.807, 2.05) is 0 Å². The maximum atomic E-state index is 13.1. The number of nitrogens with zero attached hydrogens (tertiary/aromatic N) is 3. The monoisotopic (exact) mass is 530 g/mol. The van der Waals surface area contributed by atoms with Crippen LogP contribution in [-0.2, 0) is 19.7 Å². The summed E-state index contributed by atoms with van der Waals surface area (Å²) in [7, 11) is -3.78. The Morgan fingerprint density at radius 2 is 2.00 bits per heavy atom. The molecule has 1 unspecified atom stereocenters. The van der Waals surface area contributed by atoms with Crippen LogP contribution in [0.25, 0.3) is 0 Å². The molecule has 1 aromatic rings. The Morgan fingerprint density at radius 1 is 1.24 bits per heavy atom. The molecule has 1 atom stereocenters. The van der Waals surface area contributed by atoms with Gasteiger partial charge in [0.2, 0.25) is 10.0 Å². The molecule has 1 spiro atoms. The molecule has 0 radical (unpaired) electrons. The second-order valence-corrected chi connectivity index (χ2v) is 12.2. The number of oxime groups is 1. The smallest absolute Gasteiger partial charge is 0.269 e. The molecule has 0 bridgehead atoms. The summed E-state index contributed by atoms with van der Waals surface area (Å²) in [6.07, 6.45) is 5.95. The van der Waals surface area contributed by atoms with E-state index >= 15 is 0 Å². The average molecular weight is 532 g/mol. The molecule has 34 heavy (non-hydrogen) atoms. The molecule has 1 N–H and O–H groups in total. The lowest BCUT2D eigenvalue weighted by Crippen LogP contribution is -2.47. The highest BCUT2D eigenvalue weighted by Gasteiger charge is 2.46. The van der Waals surface area contributed by atoms with Gasteiger partial charge in [-0.15, -0.1) is 0 Å². The Kier molecular flexibility index (Phi) is 8.09. The predicted molar refractivity (Wildman–Crippen MR) is 133 cm³/mol. The maximum absolute atomic E-state index is 13.1. The first-order valence-corrected chi connectivity index (χ1v) is 14.1. The number of amides is 1. The van der Waals surface area contributed by atoms with E-state index in [1.165, 1.54) is 35.7 Å². The summed E-state index contributed by atoms with van der Waals surface area (Å²) < 4.78 is 27.5. The van der Waals surface area contributed by atoms with Crippen molar-refractivity contribution in [2.24, 2.45) is 5.16 Å². The first-order chi connectivity index (χ1) is 16.2. The summed E-state index contributed by atoms with van der Waals surface area (Å²) in [5.41, 5.74) is -0.263. The molecule has 0 aromatic heterocycles. The third-order valence-electron chi connectivity index (χ3n) is 7.09. The van der Waals surface area contributed by atoms with Crippen molar-refractivity contribution in [2.45, 2.75) is 68.4 Å². The summed E-state index contributed by atoms with van der Waals surface area (Å²) >= 11 is 12.1. The topological polar surface area (TPSA) is 91.3 Å². The number of hydrogen-bond donors (Lipinski definition) is 1. The van der Waals surface area contributed by atoms with Crippen molar-refractivity contribution in [3.63, 3.8) is 0 Å². The Balaban J connectivity index is 1.25. The standard InChI is InChI=1S/C23H32Cl2N4O4S/c1-17-5-2-3-11-28(17)12-4-10-26-22(30)20-16-23(33-27-20)8-13-29(14-9-23)34(31,32)21-15-18(24)6-7-19(21)25/h6-7,15,17H,2-5,8-14,16H2,1H3,(H,26,30). The number of hydrogen-bond acceptors (Lipinski definition) is 6. The highest BCUT2D eigenvalue weighted by atomic mass is 35.5. The minimum absolute atomic E-state index is 0.000204. The fraction of sp³-hybridized carbons (Fsp3) is 0.652. The van der Waals surface area contributed by atoms with Gasteiger partial charge in [0.25, 0.3) is 5.91 Å². The van der Waals surface area contributed by atoms with Crippen molar-refractivity contribution in [3.05, 3.63) is 28.2 Å². The molecule has 1 aromatic carbocycles. The summed E-state index contributed by atoms with van der Waals surface area (Å²) in [5, 5.41) is 7.46. The molecule has 1 amide bonds. The van der Waals surface area contributed by atoms with Gasteiger partial charge < -0.3 is 15.1 Å². The third kappa shape index (κ3) is 5.70. The van der Waals surface area contributed by atoms with Crippen LogP contribution in [0.4, 0.5) is 0 Å². The molecule has 4 rings (SSSR count). The van der Waals surface area contributed by atoms with Gasteiger partial charge in [-0.25, -0.2) is 8.42 Å². The van der Waals surface area contributed by atoms with Crippen molar-refractivity contribution < 1.29 is 18.0 Å². The molecule has 3 aliphatic rings. The zero-order valence-corrected chi connectivity index (χ0v) is 21.8. The Morgan fingerprint density at radius 3 is 2.74 bits per heavy atom. The second kappa shape index (κ2) is 10.7. The summed E-state index contributed by atoms with van der Waals surface area (Å²) in [5.74, 6) is -0.204. The van der Waals surface area contributed by atoms with Gasteiger partial charge in [-0.05, 0) is 50.9 Å². The first-order valence-electron chi connectivity index (χ1n) is 11.9. The average Bonchev–Trinajstić information content (AvgIpc) is 3.23. The van der Waals surface area contributed by atoms with Crippen LogP contribution in [0.5, 0.6) is 0 Å². The highest BCUT2D eigenvalue weighted by molar-refractivity contribution is 7.89. The normalized spacial score (nSPS) is 23.5. The molecule has 0 aliphatic carbocycles. The van der Waals surface area contributed by atoms with E-state index in [2.05, 4.69) is 22.3 Å². The molecule has 0 saturated carbocycles. The quantitative estimate of drug-likeness (QED) is 0.543. The van der Waals surface area contributed by atoms with Crippen LogP contribution in [0.3, 0.4) is 0 Å². The Labute approximate surface area is 211 Å². The third-order valence-corrected chi connectivity index (χ3v) is 9.71. The van der Waals surface area contributed by atoms with Crippen molar-refractivity contribution in [3.8, 4) is 0 Å². The van der Waals surface area contributed by atoms with Crippen LogP contribution < -0.4 is 5.32 Å². The molecule has 2 fully saturated rings. The summed E-state index contributed by atoms with van der Waals surface area (Å²) in [6.45, 7) is 5.49. The molecule has 3 aliphatic heterocycles. The van der Waals surface area contributed by atoms with E-state index in [-0.39, 0.29) is 28.9 Å². The van der Waals surface area contributed by atoms with E-state index in [9.17, 15) is 13.2 Å². The van der Waals surface area contributed by atoms with Gasteiger partial charge in [0.05, 0.1) is 5.02 Å². The molecular weight excluding hydrogens is 499 g/mol. The maximum Gasteiger partial charge on any atom is 0.269 e. The number of sulfonamides is 1. The molecule has 3 heterocycles. The highest BCUT2D eigenvalue weighted by Crippen LogP contribution is 2.37. The number of benzene rings is 1. The fourth-order valence-corrected chi connectivity index (χ4v) is 7.11. The zero-order chi connectivity index (χ0) is 24.3. The number of carbonyl (C=O) groups excluding carboxylic acids is 1. The van der Waals surface area contributed by atoms with Crippen LogP contribution in [0.15, 0.2) is 28.3 Å². The van der Waals surface area contributed by atoms with Crippen LogP contribution in [0.1, 0.15) is 51.9 Å². The van der Waals surface area contributed by atoms with Crippen molar-refractivity contribution >= 4 is 44.8 Å². The van der Waals surface area contributed by atoms with E-state index in [1.54, 1.807) is 6.07 Å². The number of nitrogens with one attached hydrogen (secondary N) is 1. The van der Waals surface area contributed by atoms with Gasteiger partial charge >= 0.3 is 0 Å². The van der Waals surface area contributed by atoms with Crippen molar-refractivity contribution in [1.82, 2.24) is 14.5 Å². The van der Waals surface area contributed by atoms with E-state index in [0.717, 1.165) is 19.5 Å². The van der Waals surface area contributed by atoms with Gasteiger partial charge in [-0.2, -0.15) is 4.31 Å². The van der Waals surface area contributed by atoms with Gasteiger partial charge in [-0.1, -0.05) is 34.8 Å². The van der Waals surface area contributed by atoms with Crippen LogP contribution in [0, 0.1) is 0 Å². The largest absolute Gasteiger partial charge is 0.388 e. The summed E-state index contributed by atoms with van der Waals surface area (Å²) in [6, 6.07) is 5.02. The molecule has 2 saturated heterocycles. The van der Waals surface area contributed by atoms with Crippen LogP contribution in [-0.4, -0.2) is 73.6 Å². The van der Waals surface area contributed by atoms with E-state index in [4.69, 9.17) is 28.0 Å². The van der Waals surface area contributed by atoms with Crippen molar-refractivity contribution in [1.29, 1.82) is 0 Å². The first kappa shape index (κ1) is 25.7. The minimum Gasteiger partial charge on any atom is -0.388 e. The predicted octanol–water partition coefficient (Wildman–Crippen LogP) is 3.67. The minimum atomic E-state index is -3.78. The molecule has 8 nitrogen and oxygen atoms in total. The van der Waals surface area contributed by atoms with Crippen LogP contribution >= 0.6 is 23.2 Å². The second-order valence-electron chi connectivity index (χ2n) is 9.46. The lowest BCUT2D eigenvalue weighted by Gasteiger charge is -2.36. The number of likely N-dealkylation sites (tertiary alicyclic amines) is 1. The number of piperidine rings is 2. The van der Waals surface area contributed by atoms with E-state index in [0.29, 0.717) is 42.6 Å². The molecule has 11 heteroatoms. The van der Waals surface area contributed by atoms with Gasteiger partial charge in [0, 0.05) is 56.5 Å². The number of carbonyl (C=O) groups is 1. The van der Waals surface area contributed by atoms with Crippen LogP contribution in [0.2, 0.25) is 10.0 Å². The SMILES string of the molecule is CC1CCCCN1CCCNC(=O)C1=NOC2(CCN(S(=O)(=O)c3cc(Cl)ccc3Cl)CC2)C1. The van der Waals surface area contributed by atoms with E-state index < -0.39 is 15.6 Å². The van der Waals surface area contributed by atoms with Gasteiger partial charge in [0.15, 0.2) is 0 Å².